The van der Waals surface area contributed by atoms with Gasteiger partial charge in [0.1, 0.15) is 11.5 Å². The molecule has 0 radical (unpaired) electrons. The van der Waals surface area contributed by atoms with Crippen molar-refractivity contribution in [3.05, 3.63) is 42.1 Å². The minimum absolute atomic E-state index is 0.0337. The van der Waals surface area contributed by atoms with Gasteiger partial charge in [-0.3, -0.25) is 0 Å². The van der Waals surface area contributed by atoms with Gasteiger partial charge in [-0.05, 0) is 31.9 Å². The molecule has 1 saturated carbocycles. The second kappa shape index (κ2) is 6.98. The maximum Gasteiger partial charge on any atom is 0.157 e. The molecule has 0 aromatic heterocycles. The van der Waals surface area contributed by atoms with Crippen LogP contribution in [0.4, 0.5) is 14.5 Å². The summed E-state index contributed by atoms with van der Waals surface area (Å²) in [6, 6.07) is 3.26. The smallest absolute Gasteiger partial charge is 0.157 e. The fourth-order valence-corrected chi connectivity index (χ4v) is 2.62. The zero-order valence-corrected chi connectivity index (χ0v) is 12.5. The molecule has 120 valence electrons. The Hall–Kier alpha value is -1.79. The highest BCUT2D eigenvalue weighted by Gasteiger charge is 2.38. The van der Waals surface area contributed by atoms with Gasteiger partial charge in [0.05, 0.1) is 0 Å². The summed E-state index contributed by atoms with van der Waals surface area (Å²) in [5, 5.41) is 14.8. The van der Waals surface area contributed by atoms with Gasteiger partial charge in [-0.25, -0.2) is 13.8 Å². The molecule has 1 aliphatic carbocycles. The van der Waals surface area contributed by atoms with Crippen molar-refractivity contribution >= 4 is 12.4 Å². The Bertz CT molecular complexity index is 559. The van der Waals surface area contributed by atoms with Crippen LogP contribution in [0.5, 0.6) is 0 Å². The van der Waals surface area contributed by atoms with E-state index < -0.39 is 17.9 Å². The van der Waals surface area contributed by atoms with Crippen LogP contribution in [0, 0.1) is 23.5 Å². The minimum Gasteiger partial charge on any atom is -0.368 e. The maximum absolute atomic E-state index is 13.9. The zero-order valence-electron chi connectivity index (χ0n) is 12.5. The number of anilines is 1. The summed E-state index contributed by atoms with van der Waals surface area (Å²) in [6.07, 6.45) is 0.561. The van der Waals surface area contributed by atoms with Crippen molar-refractivity contribution in [1.82, 2.24) is 0 Å². The SMILES string of the molecule is C=NN(C(=C)C1CC(C(O)OCC)C1)c1ccc(F)cc1F. The number of rotatable bonds is 7. The van der Waals surface area contributed by atoms with Crippen molar-refractivity contribution in [2.75, 3.05) is 11.6 Å². The molecule has 0 spiro atoms. The highest BCUT2D eigenvalue weighted by Crippen LogP contribution is 2.42. The zero-order chi connectivity index (χ0) is 16.3. The molecule has 2 rings (SSSR count). The Labute approximate surface area is 128 Å². The molecule has 0 saturated heterocycles. The van der Waals surface area contributed by atoms with Gasteiger partial charge in [-0.2, -0.15) is 5.10 Å². The number of halogens is 2. The Morgan fingerprint density at radius 2 is 2.18 bits per heavy atom. The van der Waals surface area contributed by atoms with Crippen molar-refractivity contribution in [2.24, 2.45) is 16.9 Å². The summed E-state index contributed by atoms with van der Waals surface area (Å²) in [6.45, 7) is 9.63. The largest absolute Gasteiger partial charge is 0.368 e. The number of hydrazone groups is 1. The van der Waals surface area contributed by atoms with E-state index in [-0.39, 0.29) is 17.5 Å². The van der Waals surface area contributed by atoms with E-state index in [1.807, 2.05) is 6.92 Å². The summed E-state index contributed by atoms with van der Waals surface area (Å²) >= 11 is 0. The Balaban J connectivity index is 2.04. The molecule has 1 atom stereocenters. The monoisotopic (exact) mass is 310 g/mol. The van der Waals surface area contributed by atoms with Crippen LogP contribution >= 0.6 is 0 Å². The van der Waals surface area contributed by atoms with Gasteiger partial charge in [0.2, 0.25) is 0 Å². The molecule has 0 aliphatic heterocycles. The second-order valence-corrected chi connectivity index (χ2v) is 5.31. The highest BCUT2D eigenvalue weighted by atomic mass is 19.1. The normalized spacial score (nSPS) is 21.8. The van der Waals surface area contributed by atoms with Gasteiger partial charge in [0, 0.05) is 36.9 Å². The fraction of sp³-hybridized carbons (Fsp3) is 0.438. The van der Waals surface area contributed by atoms with Gasteiger partial charge < -0.3 is 9.84 Å². The number of nitrogens with zero attached hydrogens (tertiary/aromatic N) is 2. The fourth-order valence-electron chi connectivity index (χ4n) is 2.62. The third kappa shape index (κ3) is 3.34. The molecule has 0 amide bonds. The van der Waals surface area contributed by atoms with Crippen molar-refractivity contribution in [3.63, 3.8) is 0 Å². The predicted molar refractivity (Wildman–Crippen MR) is 81.4 cm³/mol. The first-order valence-electron chi connectivity index (χ1n) is 7.18. The van der Waals surface area contributed by atoms with Crippen LogP contribution in [-0.2, 0) is 4.74 Å². The van der Waals surface area contributed by atoms with Gasteiger partial charge >= 0.3 is 0 Å². The van der Waals surface area contributed by atoms with E-state index in [1.54, 1.807) is 0 Å². The first-order valence-corrected chi connectivity index (χ1v) is 7.18. The van der Waals surface area contributed by atoms with Crippen LogP contribution in [0.15, 0.2) is 35.6 Å². The van der Waals surface area contributed by atoms with Gasteiger partial charge in [-0.1, -0.05) is 6.58 Å². The average Bonchev–Trinajstić information content (AvgIpc) is 2.40. The van der Waals surface area contributed by atoms with Crippen LogP contribution in [0.1, 0.15) is 19.8 Å². The lowest BCUT2D eigenvalue weighted by molar-refractivity contribution is -0.155. The first kappa shape index (κ1) is 16.6. The number of aliphatic hydroxyl groups is 1. The molecular weight excluding hydrogens is 290 g/mol. The lowest BCUT2D eigenvalue weighted by Gasteiger charge is -2.41. The standard InChI is InChI=1S/C16H20F2N2O2/c1-4-22-16(21)12-7-11(8-12)10(2)20(19-3)15-6-5-13(17)9-14(15)18/h5-6,9,11-12,16,21H,2-4,7-8H2,1H3. The number of hydrogen-bond acceptors (Lipinski definition) is 4. The van der Waals surface area contributed by atoms with E-state index in [2.05, 4.69) is 18.4 Å². The van der Waals surface area contributed by atoms with Crippen LogP contribution in [-0.4, -0.2) is 24.7 Å². The molecule has 1 aliphatic rings. The lowest BCUT2D eigenvalue weighted by atomic mass is 9.73. The summed E-state index contributed by atoms with van der Waals surface area (Å²) in [5.41, 5.74) is 0.677. The second-order valence-electron chi connectivity index (χ2n) is 5.31. The van der Waals surface area contributed by atoms with Crippen molar-refractivity contribution in [3.8, 4) is 0 Å². The van der Waals surface area contributed by atoms with Crippen LogP contribution in [0.3, 0.4) is 0 Å². The third-order valence-electron chi connectivity index (χ3n) is 3.94. The number of benzene rings is 1. The molecule has 1 unspecified atom stereocenters. The topological polar surface area (TPSA) is 45.1 Å². The molecular formula is C16H20F2N2O2. The van der Waals surface area contributed by atoms with Gasteiger partial charge in [-0.15, -0.1) is 0 Å². The molecule has 0 heterocycles. The summed E-state index contributed by atoms with van der Waals surface area (Å²) in [5.74, 6) is -1.29. The van der Waals surface area contributed by atoms with Crippen molar-refractivity contribution in [2.45, 2.75) is 26.1 Å². The third-order valence-corrected chi connectivity index (χ3v) is 3.94. The molecule has 1 fully saturated rings. The summed E-state index contributed by atoms with van der Waals surface area (Å²) < 4.78 is 32.0. The molecule has 4 nitrogen and oxygen atoms in total. The van der Waals surface area contributed by atoms with E-state index in [9.17, 15) is 13.9 Å². The first-order chi connectivity index (χ1) is 10.5. The molecule has 1 aromatic rings. The molecule has 1 aromatic carbocycles. The van der Waals surface area contributed by atoms with Crippen LogP contribution < -0.4 is 5.01 Å². The quantitative estimate of drug-likeness (QED) is 0.477. The number of aliphatic hydroxyl groups excluding tert-OH is 1. The molecule has 6 heteroatoms. The predicted octanol–water partition coefficient (Wildman–Crippen LogP) is 3.28. The molecule has 22 heavy (non-hydrogen) atoms. The summed E-state index contributed by atoms with van der Waals surface area (Å²) in [4.78, 5) is 0. The molecule has 1 N–H and O–H groups in total. The van der Waals surface area contributed by atoms with Crippen LogP contribution in [0.25, 0.3) is 0 Å². The lowest BCUT2D eigenvalue weighted by Crippen LogP contribution is -2.38. The van der Waals surface area contributed by atoms with E-state index in [1.165, 1.54) is 11.1 Å². The highest BCUT2D eigenvalue weighted by molar-refractivity contribution is 5.54. The van der Waals surface area contributed by atoms with E-state index >= 15 is 0 Å². The Morgan fingerprint density at radius 3 is 2.73 bits per heavy atom. The number of ether oxygens (including phenoxy) is 1. The van der Waals surface area contributed by atoms with E-state index in [4.69, 9.17) is 4.74 Å². The molecule has 0 bridgehead atoms. The van der Waals surface area contributed by atoms with Gasteiger partial charge in [0.15, 0.2) is 12.1 Å². The maximum atomic E-state index is 13.9. The van der Waals surface area contributed by atoms with Crippen LogP contribution in [0.2, 0.25) is 0 Å². The Morgan fingerprint density at radius 1 is 1.50 bits per heavy atom. The number of allylic oxidation sites excluding steroid dienone is 1. The number of hydrogen-bond donors (Lipinski definition) is 1. The minimum atomic E-state index is -0.790. The van der Waals surface area contributed by atoms with Gasteiger partial charge in [0.25, 0.3) is 0 Å². The summed E-state index contributed by atoms with van der Waals surface area (Å²) in [7, 11) is 0. The van der Waals surface area contributed by atoms with Crippen molar-refractivity contribution < 1.29 is 18.6 Å². The van der Waals surface area contributed by atoms with E-state index in [0.717, 1.165) is 12.1 Å². The Kier molecular flexibility index (Phi) is 5.26. The van der Waals surface area contributed by atoms with E-state index in [0.29, 0.717) is 25.1 Å². The average molecular weight is 310 g/mol. The van der Waals surface area contributed by atoms with Crippen molar-refractivity contribution in [1.29, 1.82) is 0 Å².